The number of ether oxygens (including phenoxy) is 2. The lowest BCUT2D eigenvalue weighted by atomic mass is 10.1. The minimum atomic E-state index is -0.891. The lowest BCUT2D eigenvalue weighted by molar-refractivity contribution is -0.385. The van der Waals surface area contributed by atoms with Crippen molar-refractivity contribution < 1.29 is 24.3 Å². The number of aliphatic hydroxyl groups is 1. The Morgan fingerprint density at radius 1 is 1.50 bits per heavy atom. The molecule has 0 saturated heterocycles. The number of nitro benzene ring substituents is 1. The van der Waals surface area contributed by atoms with Gasteiger partial charge in [-0.05, 0) is 6.07 Å². The molecule has 8 nitrogen and oxygen atoms in total. The number of rotatable bonds is 7. The summed E-state index contributed by atoms with van der Waals surface area (Å²) in [5.74, 6) is -0.595. The number of hydrogen-bond acceptors (Lipinski definition) is 6. The maximum Gasteiger partial charge on any atom is 0.285 e. The molecule has 2 N–H and O–H groups in total. The molecule has 1 amide bonds. The smallest absolute Gasteiger partial charge is 0.285 e. The first-order valence-electron chi connectivity index (χ1n) is 5.77. The Labute approximate surface area is 115 Å². The van der Waals surface area contributed by atoms with Crippen LogP contribution in [0.2, 0.25) is 0 Å². The van der Waals surface area contributed by atoms with Crippen molar-refractivity contribution in [2.24, 2.45) is 0 Å². The van der Waals surface area contributed by atoms with E-state index in [-0.39, 0.29) is 30.2 Å². The van der Waals surface area contributed by atoms with Crippen molar-refractivity contribution in [3.05, 3.63) is 33.9 Å². The summed E-state index contributed by atoms with van der Waals surface area (Å²) in [4.78, 5) is 22.3. The first-order chi connectivity index (χ1) is 9.51. The van der Waals surface area contributed by atoms with E-state index >= 15 is 0 Å². The summed E-state index contributed by atoms with van der Waals surface area (Å²) in [5, 5.41) is 22.8. The number of aliphatic hydroxyl groups excluding tert-OH is 1. The summed E-state index contributed by atoms with van der Waals surface area (Å²) in [6, 6.07) is 4.09. The lowest BCUT2D eigenvalue weighted by Gasteiger charge is -2.12. The Bertz CT molecular complexity index is 491. The van der Waals surface area contributed by atoms with Crippen LogP contribution in [0.1, 0.15) is 10.4 Å². The minimum absolute atomic E-state index is 0.0499. The third kappa shape index (κ3) is 3.90. The van der Waals surface area contributed by atoms with Crippen LogP contribution in [0.25, 0.3) is 0 Å². The van der Waals surface area contributed by atoms with Crippen LogP contribution in [0.4, 0.5) is 5.69 Å². The standard InChI is InChI=1S/C12H16N2O6/c1-19-7-8(15)6-13-12(16)11-9(14(17)18)4-3-5-10(11)20-2/h3-5,8,15H,6-7H2,1-2H3,(H,13,16). The van der Waals surface area contributed by atoms with Crippen LogP contribution in [-0.4, -0.2) is 49.4 Å². The maximum absolute atomic E-state index is 12.0. The zero-order valence-corrected chi connectivity index (χ0v) is 11.2. The number of carbonyl (C=O) groups excluding carboxylic acids is 1. The monoisotopic (exact) mass is 284 g/mol. The van der Waals surface area contributed by atoms with E-state index in [0.29, 0.717) is 0 Å². The maximum atomic E-state index is 12.0. The highest BCUT2D eigenvalue weighted by atomic mass is 16.6. The largest absolute Gasteiger partial charge is 0.496 e. The molecule has 0 fully saturated rings. The zero-order chi connectivity index (χ0) is 15.1. The van der Waals surface area contributed by atoms with Gasteiger partial charge in [0.05, 0.1) is 24.7 Å². The molecule has 0 heterocycles. The Balaban J connectivity index is 2.93. The molecule has 1 atom stereocenters. The van der Waals surface area contributed by atoms with Crippen molar-refractivity contribution >= 4 is 11.6 Å². The molecule has 0 spiro atoms. The van der Waals surface area contributed by atoms with Gasteiger partial charge in [-0.1, -0.05) is 6.07 Å². The van der Waals surface area contributed by atoms with Crippen molar-refractivity contribution in [1.82, 2.24) is 5.32 Å². The fraction of sp³-hybridized carbons (Fsp3) is 0.417. The highest BCUT2D eigenvalue weighted by Crippen LogP contribution is 2.27. The van der Waals surface area contributed by atoms with Gasteiger partial charge < -0.3 is 19.9 Å². The summed E-state index contributed by atoms with van der Waals surface area (Å²) in [6.07, 6.45) is -0.891. The van der Waals surface area contributed by atoms with Gasteiger partial charge in [-0.3, -0.25) is 14.9 Å². The highest BCUT2D eigenvalue weighted by molar-refractivity contribution is 6.00. The van der Waals surface area contributed by atoms with E-state index in [2.05, 4.69) is 5.32 Å². The molecule has 0 aromatic heterocycles. The quantitative estimate of drug-likeness (QED) is 0.551. The van der Waals surface area contributed by atoms with Crippen LogP contribution in [0.15, 0.2) is 18.2 Å². The molecule has 0 saturated carbocycles. The number of carbonyl (C=O) groups is 1. The van der Waals surface area contributed by atoms with Crippen molar-refractivity contribution in [3.63, 3.8) is 0 Å². The van der Waals surface area contributed by atoms with Crippen LogP contribution in [0.3, 0.4) is 0 Å². The summed E-state index contributed by atoms with van der Waals surface area (Å²) >= 11 is 0. The van der Waals surface area contributed by atoms with Gasteiger partial charge in [0, 0.05) is 19.7 Å². The number of methoxy groups -OCH3 is 2. The molecular formula is C12H16N2O6. The molecule has 1 unspecified atom stereocenters. The second-order valence-electron chi connectivity index (χ2n) is 3.93. The predicted octanol–water partition coefficient (Wildman–Crippen LogP) is 0.340. The highest BCUT2D eigenvalue weighted by Gasteiger charge is 2.25. The summed E-state index contributed by atoms with van der Waals surface area (Å²) in [6.45, 7) is -0.0316. The van der Waals surface area contributed by atoms with Gasteiger partial charge in [0.1, 0.15) is 5.75 Å². The van der Waals surface area contributed by atoms with Crippen molar-refractivity contribution in [2.75, 3.05) is 27.4 Å². The average molecular weight is 284 g/mol. The summed E-state index contributed by atoms with van der Waals surface area (Å²) in [7, 11) is 2.73. The fourth-order valence-corrected chi connectivity index (χ4v) is 1.62. The van der Waals surface area contributed by atoms with E-state index < -0.39 is 16.9 Å². The van der Waals surface area contributed by atoms with Crippen LogP contribution in [0.5, 0.6) is 5.75 Å². The number of nitrogens with zero attached hydrogens (tertiary/aromatic N) is 1. The number of nitro groups is 1. The molecule has 0 aliphatic carbocycles. The summed E-state index contributed by atoms with van der Waals surface area (Å²) in [5.41, 5.74) is -0.535. The molecule has 1 rings (SSSR count). The molecule has 1 aromatic carbocycles. The molecular weight excluding hydrogens is 268 g/mol. The second kappa shape index (κ2) is 7.41. The number of benzene rings is 1. The Kier molecular flexibility index (Phi) is 5.88. The number of hydrogen-bond donors (Lipinski definition) is 2. The van der Waals surface area contributed by atoms with E-state index in [0.717, 1.165) is 0 Å². The Morgan fingerprint density at radius 2 is 2.20 bits per heavy atom. The van der Waals surface area contributed by atoms with Gasteiger partial charge in [-0.25, -0.2) is 0 Å². The second-order valence-corrected chi connectivity index (χ2v) is 3.93. The van der Waals surface area contributed by atoms with E-state index in [1.165, 1.54) is 32.4 Å². The van der Waals surface area contributed by atoms with Gasteiger partial charge in [0.25, 0.3) is 11.6 Å². The predicted molar refractivity (Wildman–Crippen MR) is 69.9 cm³/mol. The van der Waals surface area contributed by atoms with Crippen LogP contribution in [0, 0.1) is 10.1 Å². The first kappa shape index (κ1) is 15.9. The fourth-order valence-electron chi connectivity index (χ4n) is 1.62. The first-order valence-corrected chi connectivity index (χ1v) is 5.77. The third-order valence-corrected chi connectivity index (χ3v) is 2.51. The van der Waals surface area contributed by atoms with E-state index in [4.69, 9.17) is 9.47 Å². The van der Waals surface area contributed by atoms with E-state index in [1.54, 1.807) is 0 Å². The average Bonchev–Trinajstić information content (AvgIpc) is 2.44. The SMILES string of the molecule is COCC(O)CNC(=O)c1c(OC)cccc1[N+](=O)[O-]. The molecule has 0 radical (unpaired) electrons. The minimum Gasteiger partial charge on any atom is -0.496 e. The van der Waals surface area contributed by atoms with Gasteiger partial charge in [0.2, 0.25) is 0 Å². The molecule has 110 valence electrons. The van der Waals surface area contributed by atoms with Crippen molar-refractivity contribution in [1.29, 1.82) is 0 Å². The molecule has 20 heavy (non-hydrogen) atoms. The Morgan fingerprint density at radius 3 is 2.75 bits per heavy atom. The molecule has 0 bridgehead atoms. The third-order valence-electron chi connectivity index (χ3n) is 2.51. The van der Waals surface area contributed by atoms with Gasteiger partial charge in [-0.15, -0.1) is 0 Å². The Hall–Kier alpha value is -2.19. The molecule has 1 aromatic rings. The normalized spacial score (nSPS) is 11.8. The van der Waals surface area contributed by atoms with E-state index in [9.17, 15) is 20.0 Å². The van der Waals surface area contributed by atoms with Gasteiger partial charge >= 0.3 is 0 Å². The van der Waals surface area contributed by atoms with Crippen molar-refractivity contribution in [3.8, 4) is 5.75 Å². The molecule has 0 aliphatic rings. The lowest BCUT2D eigenvalue weighted by Crippen LogP contribution is -2.34. The number of nitrogens with one attached hydrogen (secondary N) is 1. The topological polar surface area (TPSA) is 111 Å². The van der Waals surface area contributed by atoms with Crippen LogP contribution >= 0.6 is 0 Å². The van der Waals surface area contributed by atoms with Gasteiger partial charge in [-0.2, -0.15) is 0 Å². The van der Waals surface area contributed by atoms with Gasteiger partial charge in [0.15, 0.2) is 5.56 Å². The summed E-state index contributed by atoms with van der Waals surface area (Å²) < 4.78 is 9.67. The number of amides is 1. The zero-order valence-electron chi connectivity index (χ0n) is 11.2. The van der Waals surface area contributed by atoms with Crippen LogP contribution < -0.4 is 10.1 Å². The van der Waals surface area contributed by atoms with E-state index in [1.807, 2.05) is 0 Å². The molecule has 0 aliphatic heterocycles. The van der Waals surface area contributed by atoms with Crippen molar-refractivity contribution in [2.45, 2.75) is 6.10 Å². The molecule has 8 heteroatoms. The van der Waals surface area contributed by atoms with Crippen LogP contribution in [-0.2, 0) is 4.74 Å².